The van der Waals surface area contributed by atoms with Crippen LogP contribution in [0.25, 0.3) is 0 Å². The maximum Gasteiger partial charge on any atom is 0.251 e. The summed E-state index contributed by atoms with van der Waals surface area (Å²) >= 11 is 1.62. The van der Waals surface area contributed by atoms with Gasteiger partial charge in [-0.15, -0.1) is 11.8 Å². The van der Waals surface area contributed by atoms with Gasteiger partial charge in [0.1, 0.15) is 12.4 Å². The van der Waals surface area contributed by atoms with Crippen molar-refractivity contribution in [3.8, 4) is 5.75 Å². The molecule has 24 heavy (non-hydrogen) atoms. The van der Waals surface area contributed by atoms with Crippen LogP contribution in [0.2, 0.25) is 0 Å². The van der Waals surface area contributed by atoms with E-state index in [0.29, 0.717) is 30.8 Å². The smallest absolute Gasteiger partial charge is 0.251 e. The molecule has 6 heteroatoms. The predicted molar refractivity (Wildman–Crippen MR) is 94.7 cm³/mol. The summed E-state index contributed by atoms with van der Waals surface area (Å²) in [6.45, 7) is 0.805. The van der Waals surface area contributed by atoms with Crippen molar-refractivity contribution in [1.82, 2.24) is 5.32 Å². The molecule has 1 aliphatic rings. The first-order valence-electron chi connectivity index (χ1n) is 7.75. The van der Waals surface area contributed by atoms with Gasteiger partial charge in [-0.2, -0.15) is 0 Å². The molecule has 0 atom stereocenters. The summed E-state index contributed by atoms with van der Waals surface area (Å²) < 4.78 is 5.54. The van der Waals surface area contributed by atoms with E-state index in [2.05, 4.69) is 10.6 Å². The standard InChI is InChI=1S/C18H18N2O3S/c21-17-8-11-24-16-7-6-13(12-15(16)20-17)18(22)19-9-10-23-14-4-2-1-3-5-14/h1-7,12H,8-11H2,(H,19,22)(H,20,21). The van der Waals surface area contributed by atoms with E-state index in [9.17, 15) is 9.59 Å². The number of amides is 2. The molecule has 0 radical (unpaired) electrons. The van der Waals surface area contributed by atoms with Crippen LogP contribution in [0.15, 0.2) is 53.4 Å². The summed E-state index contributed by atoms with van der Waals surface area (Å²) in [7, 11) is 0. The maximum absolute atomic E-state index is 12.2. The molecule has 0 fully saturated rings. The van der Waals surface area contributed by atoms with E-state index < -0.39 is 0 Å². The molecule has 0 unspecified atom stereocenters. The van der Waals surface area contributed by atoms with Gasteiger partial charge in [-0.3, -0.25) is 9.59 Å². The minimum atomic E-state index is -0.182. The molecule has 0 saturated carbocycles. The molecule has 0 saturated heterocycles. The van der Waals surface area contributed by atoms with E-state index in [0.717, 1.165) is 16.4 Å². The van der Waals surface area contributed by atoms with Gasteiger partial charge in [0.15, 0.2) is 0 Å². The van der Waals surface area contributed by atoms with Gasteiger partial charge in [0.2, 0.25) is 5.91 Å². The van der Waals surface area contributed by atoms with Gasteiger partial charge in [0.25, 0.3) is 5.91 Å². The quantitative estimate of drug-likeness (QED) is 0.820. The minimum absolute atomic E-state index is 0.0185. The van der Waals surface area contributed by atoms with Crippen LogP contribution in [0.1, 0.15) is 16.8 Å². The lowest BCUT2D eigenvalue weighted by Crippen LogP contribution is -2.28. The number of para-hydroxylation sites is 1. The molecule has 2 aromatic rings. The van der Waals surface area contributed by atoms with Crippen molar-refractivity contribution in [2.24, 2.45) is 0 Å². The SMILES string of the molecule is O=C1CCSc2ccc(C(=O)NCCOc3ccccc3)cc2N1. The monoisotopic (exact) mass is 342 g/mol. The second kappa shape index (κ2) is 7.88. The fourth-order valence-corrected chi connectivity index (χ4v) is 3.25. The number of hydrogen-bond donors (Lipinski definition) is 2. The molecular formula is C18H18N2O3S. The number of carbonyl (C=O) groups is 2. The van der Waals surface area contributed by atoms with Crippen molar-refractivity contribution in [3.63, 3.8) is 0 Å². The number of thioether (sulfide) groups is 1. The lowest BCUT2D eigenvalue weighted by molar-refractivity contribution is -0.115. The first kappa shape index (κ1) is 16.4. The highest BCUT2D eigenvalue weighted by Crippen LogP contribution is 2.31. The first-order chi connectivity index (χ1) is 11.7. The largest absolute Gasteiger partial charge is 0.492 e. The van der Waals surface area contributed by atoms with Crippen LogP contribution in [-0.2, 0) is 4.79 Å². The molecule has 2 aromatic carbocycles. The summed E-state index contributed by atoms with van der Waals surface area (Å²) in [6, 6.07) is 14.8. The second-order valence-electron chi connectivity index (χ2n) is 5.27. The normalized spacial score (nSPS) is 13.4. The second-order valence-corrected chi connectivity index (χ2v) is 6.41. The summed E-state index contributed by atoms with van der Waals surface area (Å²) in [5.41, 5.74) is 1.23. The Balaban J connectivity index is 1.54. The molecule has 2 N–H and O–H groups in total. The maximum atomic E-state index is 12.2. The van der Waals surface area contributed by atoms with Gasteiger partial charge >= 0.3 is 0 Å². The Morgan fingerprint density at radius 3 is 2.88 bits per heavy atom. The van der Waals surface area contributed by atoms with E-state index in [1.54, 1.807) is 23.9 Å². The fraction of sp³-hybridized carbons (Fsp3) is 0.222. The summed E-state index contributed by atoms with van der Waals surface area (Å²) in [4.78, 5) is 24.8. The third-order valence-electron chi connectivity index (χ3n) is 3.50. The number of anilines is 1. The highest BCUT2D eigenvalue weighted by Gasteiger charge is 2.15. The van der Waals surface area contributed by atoms with Crippen LogP contribution in [0.3, 0.4) is 0 Å². The summed E-state index contributed by atoms with van der Waals surface area (Å²) in [5, 5.41) is 5.66. The third kappa shape index (κ3) is 4.29. The molecule has 5 nitrogen and oxygen atoms in total. The molecule has 0 bridgehead atoms. The molecule has 3 rings (SSSR count). The van der Waals surface area contributed by atoms with Crippen molar-refractivity contribution in [2.75, 3.05) is 24.2 Å². The number of rotatable bonds is 5. The Morgan fingerprint density at radius 1 is 1.21 bits per heavy atom. The Bertz CT molecular complexity index is 734. The third-order valence-corrected chi connectivity index (χ3v) is 4.58. The van der Waals surface area contributed by atoms with Crippen LogP contribution < -0.4 is 15.4 Å². The summed E-state index contributed by atoms with van der Waals surface area (Å²) in [6.07, 6.45) is 0.484. The van der Waals surface area contributed by atoms with Gasteiger partial charge in [-0.05, 0) is 30.3 Å². The average molecular weight is 342 g/mol. The van der Waals surface area contributed by atoms with Gasteiger partial charge in [0, 0.05) is 22.6 Å². The Hall–Kier alpha value is -2.47. The van der Waals surface area contributed by atoms with Gasteiger partial charge < -0.3 is 15.4 Å². The molecule has 0 spiro atoms. The average Bonchev–Trinajstić information content (AvgIpc) is 2.79. The summed E-state index contributed by atoms with van der Waals surface area (Å²) in [5.74, 6) is 1.32. The van der Waals surface area contributed by atoms with Crippen LogP contribution in [0.4, 0.5) is 5.69 Å². The topological polar surface area (TPSA) is 67.4 Å². The van der Waals surface area contributed by atoms with Crippen molar-refractivity contribution >= 4 is 29.3 Å². The van der Waals surface area contributed by atoms with Crippen molar-refractivity contribution in [2.45, 2.75) is 11.3 Å². The lowest BCUT2D eigenvalue weighted by Gasteiger charge is -2.10. The molecule has 1 aliphatic heterocycles. The predicted octanol–water partition coefficient (Wildman–Crippen LogP) is 2.93. The van der Waals surface area contributed by atoms with Gasteiger partial charge in [-0.25, -0.2) is 0 Å². The van der Waals surface area contributed by atoms with Crippen LogP contribution >= 0.6 is 11.8 Å². The van der Waals surface area contributed by atoms with E-state index in [1.807, 2.05) is 36.4 Å². The molecule has 0 aromatic heterocycles. The molecule has 1 heterocycles. The molecule has 0 aliphatic carbocycles. The molecule has 2 amide bonds. The van der Waals surface area contributed by atoms with E-state index in [4.69, 9.17) is 4.74 Å². The number of carbonyl (C=O) groups excluding carboxylic acids is 2. The van der Waals surface area contributed by atoms with E-state index in [-0.39, 0.29) is 11.8 Å². The Morgan fingerprint density at radius 2 is 2.04 bits per heavy atom. The van der Waals surface area contributed by atoms with Crippen LogP contribution in [0, 0.1) is 0 Å². The number of benzene rings is 2. The zero-order chi connectivity index (χ0) is 16.8. The van der Waals surface area contributed by atoms with Crippen molar-refractivity contribution in [3.05, 3.63) is 54.1 Å². The zero-order valence-corrected chi connectivity index (χ0v) is 13.9. The van der Waals surface area contributed by atoms with Crippen molar-refractivity contribution in [1.29, 1.82) is 0 Å². The number of fused-ring (bicyclic) bond motifs is 1. The van der Waals surface area contributed by atoms with Crippen molar-refractivity contribution < 1.29 is 14.3 Å². The lowest BCUT2D eigenvalue weighted by atomic mass is 10.2. The fourth-order valence-electron chi connectivity index (χ4n) is 2.31. The Labute approximate surface area is 144 Å². The van der Waals surface area contributed by atoms with Gasteiger partial charge in [-0.1, -0.05) is 18.2 Å². The highest BCUT2D eigenvalue weighted by atomic mass is 32.2. The first-order valence-corrected chi connectivity index (χ1v) is 8.74. The number of nitrogens with one attached hydrogen (secondary N) is 2. The van der Waals surface area contributed by atoms with Crippen LogP contribution in [0.5, 0.6) is 5.75 Å². The Kier molecular flexibility index (Phi) is 5.38. The minimum Gasteiger partial charge on any atom is -0.492 e. The highest BCUT2D eigenvalue weighted by molar-refractivity contribution is 7.99. The molecule has 124 valence electrons. The number of hydrogen-bond acceptors (Lipinski definition) is 4. The van der Waals surface area contributed by atoms with E-state index in [1.165, 1.54) is 0 Å². The molecular weight excluding hydrogens is 324 g/mol. The van der Waals surface area contributed by atoms with Gasteiger partial charge in [0.05, 0.1) is 12.2 Å². The zero-order valence-electron chi connectivity index (χ0n) is 13.1. The number of ether oxygens (including phenoxy) is 1. The van der Waals surface area contributed by atoms with Crippen LogP contribution in [-0.4, -0.2) is 30.7 Å². The van der Waals surface area contributed by atoms with E-state index >= 15 is 0 Å².